The molecule has 8 heteroatoms. The molecular formula is C23H17ClN2O4S. The summed E-state index contributed by atoms with van der Waals surface area (Å²) in [5, 5.41) is 7.70. The van der Waals surface area contributed by atoms with Gasteiger partial charge in [-0.25, -0.2) is 4.79 Å². The summed E-state index contributed by atoms with van der Waals surface area (Å²) < 4.78 is 10.8. The van der Waals surface area contributed by atoms with E-state index in [1.165, 1.54) is 23.5 Å². The zero-order valence-electron chi connectivity index (χ0n) is 16.7. The molecule has 0 saturated carbocycles. The van der Waals surface area contributed by atoms with Crippen molar-refractivity contribution >= 4 is 52.3 Å². The lowest BCUT2D eigenvalue weighted by molar-refractivity contribution is -0.114. The molecule has 1 amide bonds. The number of amides is 1. The molecule has 0 bridgehead atoms. The van der Waals surface area contributed by atoms with Gasteiger partial charge < -0.3 is 9.47 Å². The first-order valence-corrected chi connectivity index (χ1v) is 10.5. The molecule has 31 heavy (non-hydrogen) atoms. The minimum atomic E-state index is -0.520. The van der Waals surface area contributed by atoms with Gasteiger partial charge in [-0.3, -0.25) is 4.79 Å². The van der Waals surface area contributed by atoms with Crippen LogP contribution in [0.25, 0.3) is 6.08 Å². The van der Waals surface area contributed by atoms with Crippen LogP contribution in [0.2, 0.25) is 5.02 Å². The Balaban J connectivity index is 1.64. The van der Waals surface area contributed by atoms with Crippen LogP contribution in [0.3, 0.4) is 0 Å². The van der Waals surface area contributed by atoms with Crippen LogP contribution in [0, 0.1) is 0 Å². The maximum absolute atomic E-state index is 12.9. The number of carbonyl (C=O) groups excluding carboxylic acids is 2. The van der Waals surface area contributed by atoms with Gasteiger partial charge in [0.05, 0.1) is 29.1 Å². The van der Waals surface area contributed by atoms with Gasteiger partial charge in [0.1, 0.15) is 4.88 Å². The summed E-state index contributed by atoms with van der Waals surface area (Å²) in [5.74, 6) is -0.358. The van der Waals surface area contributed by atoms with E-state index in [-0.39, 0.29) is 22.4 Å². The molecule has 2 heterocycles. The van der Waals surface area contributed by atoms with Gasteiger partial charge in [-0.2, -0.15) is 10.1 Å². The molecule has 0 atom stereocenters. The second kappa shape index (κ2) is 8.75. The minimum Gasteiger partial charge on any atom is -0.493 e. The van der Waals surface area contributed by atoms with Crippen LogP contribution in [0.15, 0.2) is 70.7 Å². The number of hydrogen-bond acceptors (Lipinski definition) is 6. The molecule has 1 aromatic heterocycles. The third-order valence-corrected chi connectivity index (χ3v) is 5.67. The van der Waals surface area contributed by atoms with Crippen molar-refractivity contribution in [3.05, 3.63) is 81.0 Å². The number of carbonyl (C=O) groups is 2. The summed E-state index contributed by atoms with van der Waals surface area (Å²) in [6.07, 6.45) is 1.68. The molecule has 6 nitrogen and oxygen atoms in total. The van der Waals surface area contributed by atoms with E-state index >= 15 is 0 Å². The van der Waals surface area contributed by atoms with Crippen molar-refractivity contribution < 1.29 is 19.1 Å². The number of methoxy groups -OCH3 is 1. The summed E-state index contributed by atoms with van der Waals surface area (Å²) in [5.41, 5.74) is 2.31. The lowest BCUT2D eigenvalue weighted by Crippen LogP contribution is -2.21. The number of hydrazone groups is 1. The zero-order valence-corrected chi connectivity index (χ0v) is 18.2. The van der Waals surface area contributed by atoms with Gasteiger partial charge in [0.2, 0.25) is 0 Å². The average molecular weight is 453 g/mol. The molecule has 156 valence electrons. The van der Waals surface area contributed by atoms with E-state index in [0.29, 0.717) is 27.4 Å². The number of ether oxygens (including phenoxy) is 2. The largest absolute Gasteiger partial charge is 0.493 e. The Hall–Kier alpha value is -3.42. The van der Waals surface area contributed by atoms with Crippen LogP contribution in [0.1, 0.15) is 22.2 Å². The fraction of sp³-hybridized carbons (Fsp3) is 0.0870. The van der Waals surface area contributed by atoms with Gasteiger partial charge in [-0.1, -0.05) is 35.9 Å². The van der Waals surface area contributed by atoms with Crippen molar-refractivity contribution in [1.82, 2.24) is 0 Å². The molecule has 1 aliphatic rings. The molecule has 1 aliphatic heterocycles. The third-order valence-electron chi connectivity index (χ3n) is 4.54. The van der Waals surface area contributed by atoms with Crippen LogP contribution < -0.4 is 14.5 Å². The van der Waals surface area contributed by atoms with E-state index in [0.717, 1.165) is 0 Å². The van der Waals surface area contributed by atoms with E-state index in [4.69, 9.17) is 21.1 Å². The van der Waals surface area contributed by atoms with E-state index in [1.807, 2.05) is 30.3 Å². The van der Waals surface area contributed by atoms with E-state index in [1.54, 1.807) is 42.6 Å². The molecule has 2 aromatic carbocycles. The molecule has 0 fully saturated rings. The van der Waals surface area contributed by atoms with E-state index < -0.39 is 5.97 Å². The lowest BCUT2D eigenvalue weighted by Gasteiger charge is -2.12. The van der Waals surface area contributed by atoms with Gasteiger partial charge in [0.15, 0.2) is 11.5 Å². The Kier molecular flexibility index (Phi) is 5.88. The fourth-order valence-electron chi connectivity index (χ4n) is 3.06. The smallest absolute Gasteiger partial charge is 0.353 e. The first-order chi connectivity index (χ1) is 15.0. The van der Waals surface area contributed by atoms with E-state index in [9.17, 15) is 9.59 Å². The Morgan fingerprint density at radius 3 is 2.61 bits per heavy atom. The Bertz CT molecular complexity index is 1200. The standard InChI is InChI=1S/C23H17ClN2O4S/c1-14-17(22(27)26(25-14)16-7-4-3-5-8-16)11-15-12-18(24)21(19(13-15)29-2)30-23(28)20-9-6-10-31-20/h3-13H,1-2H3/b17-11-. The van der Waals surface area contributed by atoms with Crippen molar-refractivity contribution in [1.29, 1.82) is 0 Å². The lowest BCUT2D eigenvalue weighted by atomic mass is 10.1. The number of benzene rings is 2. The molecule has 0 spiro atoms. The van der Waals surface area contributed by atoms with Crippen LogP contribution in [-0.4, -0.2) is 24.7 Å². The summed E-state index contributed by atoms with van der Waals surface area (Å²) in [6.45, 7) is 1.77. The van der Waals surface area contributed by atoms with Crippen LogP contribution >= 0.6 is 22.9 Å². The number of hydrogen-bond donors (Lipinski definition) is 0. The van der Waals surface area contributed by atoms with Crippen LogP contribution in [0.4, 0.5) is 5.69 Å². The molecule has 0 aliphatic carbocycles. The number of nitrogens with zero attached hydrogens (tertiary/aromatic N) is 2. The van der Waals surface area contributed by atoms with Gasteiger partial charge >= 0.3 is 5.97 Å². The van der Waals surface area contributed by atoms with Crippen molar-refractivity contribution in [2.75, 3.05) is 12.1 Å². The third kappa shape index (κ3) is 4.23. The van der Waals surface area contributed by atoms with Crippen molar-refractivity contribution in [2.45, 2.75) is 6.92 Å². The van der Waals surface area contributed by atoms with E-state index in [2.05, 4.69) is 5.10 Å². The Morgan fingerprint density at radius 2 is 1.94 bits per heavy atom. The molecule has 0 radical (unpaired) electrons. The molecule has 3 aromatic rings. The normalized spacial score (nSPS) is 14.7. The number of thiophene rings is 1. The first kappa shape index (κ1) is 20.8. The topological polar surface area (TPSA) is 68.2 Å². The van der Waals surface area contributed by atoms with Gasteiger partial charge in [-0.15, -0.1) is 11.3 Å². The molecule has 0 saturated heterocycles. The summed E-state index contributed by atoms with van der Waals surface area (Å²) in [7, 11) is 1.45. The summed E-state index contributed by atoms with van der Waals surface area (Å²) in [4.78, 5) is 25.7. The highest BCUT2D eigenvalue weighted by Crippen LogP contribution is 2.38. The predicted molar refractivity (Wildman–Crippen MR) is 122 cm³/mol. The number of anilines is 1. The monoisotopic (exact) mass is 452 g/mol. The minimum absolute atomic E-state index is 0.124. The highest BCUT2D eigenvalue weighted by molar-refractivity contribution is 7.12. The molecule has 0 unspecified atom stereocenters. The Labute approximate surface area is 188 Å². The maximum Gasteiger partial charge on any atom is 0.353 e. The number of rotatable bonds is 5. The Morgan fingerprint density at radius 1 is 1.16 bits per heavy atom. The fourth-order valence-corrected chi connectivity index (χ4v) is 3.91. The predicted octanol–water partition coefficient (Wildman–Crippen LogP) is 5.44. The first-order valence-electron chi connectivity index (χ1n) is 9.28. The molecule has 4 rings (SSSR count). The average Bonchev–Trinajstić information content (AvgIpc) is 3.40. The van der Waals surface area contributed by atoms with Crippen LogP contribution in [-0.2, 0) is 4.79 Å². The summed E-state index contributed by atoms with van der Waals surface area (Å²) >= 11 is 7.66. The highest BCUT2D eigenvalue weighted by atomic mass is 35.5. The van der Waals surface area contributed by atoms with Crippen molar-refractivity contribution in [2.24, 2.45) is 5.10 Å². The highest BCUT2D eigenvalue weighted by Gasteiger charge is 2.29. The second-order valence-corrected chi connectivity index (χ2v) is 7.95. The second-order valence-electron chi connectivity index (χ2n) is 6.60. The zero-order chi connectivity index (χ0) is 22.0. The van der Waals surface area contributed by atoms with Crippen molar-refractivity contribution in [3.8, 4) is 11.5 Å². The number of halogens is 1. The van der Waals surface area contributed by atoms with Crippen molar-refractivity contribution in [3.63, 3.8) is 0 Å². The maximum atomic E-state index is 12.9. The molecule has 0 N–H and O–H groups in total. The molecular weight excluding hydrogens is 436 g/mol. The van der Waals surface area contributed by atoms with Gasteiger partial charge in [0.25, 0.3) is 5.91 Å². The van der Waals surface area contributed by atoms with Crippen LogP contribution in [0.5, 0.6) is 11.5 Å². The quantitative estimate of drug-likeness (QED) is 0.294. The van der Waals surface area contributed by atoms with Gasteiger partial charge in [-0.05, 0) is 54.3 Å². The number of para-hydroxylation sites is 1. The van der Waals surface area contributed by atoms with Gasteiger partial charge in [0, 0.05) is 0 Å². The SMILES string of the molecule is COc1cc(/C=C2\C(=O)N(c3ccccc3)N=C2C)cc(Cl)c1OC(=O)c1cccs1. The summed E-state index contributed by atoms with van der Waals surface area (Å²) in [6, 6.07) is 15.9. The number of esters is 1.